The first-order valence-corrected chi connectivity index (χ1v) is 12.7. The molecule has 1 aliphatic heterocycles. The zero-order valence-electron chi connectivity index (χ0n) is 20.8. The van der Waals surface area contributed by atoms with Crippen LogP contribution in [-0.4, -0.2) is 46.7 Å². The fraction of sp³-hybridized carbons (Fsp3) is 0.429. The van der Waals surface area contributed by atoms with E-state index in [1.54, 1.807) is 12.1 Å². The van der Waals surface area contributed by atoms with Crippen LogP contribution in [0.2, 0.25) is 0 Å². The van der Waals surface area contributed by atoms with Crippen molar-refractivity contribution in [2.75, 3.05) is 19.6 Å². The average Bonchev–Trinajstić information content (AvgIpc) is 3.55. The van der Waals surface area contributed by atoms with E-state index in [9.17, 15) is 10.1 Å². The summed E-state index contributed by atoms with van der Waals surface area (Å²) in [5.41, 5.74) is 4.41. The van der Waals surface area contributed by atoms with Crippen LogP contribution in [0.15, 0.2) is 40.9 Å². The SMILES string of the molecule is CC(C)Oc1ccc(-c2nc(-c3cccc4c3CCC4NCC(=O)N3CCCCC3)no2)cc1C#N. The Morgan fingerprint density at radius 1 is 1.25 bits per heavy atom. The van der Waals surface area contributed by atoms with E-state index in [1.807, 2.05) is 36.9 Å². The number of fused-ring (bicyclic) bond motifs is 1. The molecule has 1 saturated heterocycles. The lowest BCUT2D eigenvalue weighted by atomic mass is 10.0. The predicted octanol–water partition coefficient (Wildman–Crippen LogP) is 4.65. The maximum Gasteiger partial charge on any atom is 0.258 e. The molecule has 1 fully saturated rings. The van der Waals surface area contributed by atoms with Crippen LogP contribution in [0.3, 0.4) is 0 Å². The van der Waals surface area contributed by atoms with Crippen molar-refractivity contribution in [3.05, 3.63) is 53.1 Å². The van der Waals surface area contributed by atoms with Crippen LogP contribution < -0.4 is 10.1 Å². The van der Waals surface area contributed by atoms with E-state index in [0.717, 1.165) is 44.3 Å². The molecular weight excluding hydrogens is 454 g/mol. The monoisotopic (exact) mass is 485 g/mol. The van der Waals surface area contributed by atoms with E-state index < -0.39 is 0 Å². The van der Waals surface area contributed by atoms with Gasteiger partial charge in [0.2, 0.25) is 11.7 Å². The second-order valence-corrected chi connectivity index (χ2v) is 9.70. The Kier molecular flexibility index (Phi) is 7.01. The minimum absolute atomic E-state index is 0.0284. The quantitative estimate of drug-likeness (QED) is 0.519. The number of rotatable bonds is 7. The largest absolute Gasteiger partial charge is 0.490 e. The average molecular weight is 486 g/mol. The highest BCUT2D eigenvalue weighted by atomic mass is 16.5. The summed E-state index contributed by atoms with van der Waals surface area (Å²) in [5.74, 6) is 1.60. The minimum atomic E-state index is -0.0284. The topological polar surface area (TPSA) is 104 Å². The van der Waals surface area contributed by atoms with Crippen LogP contribution in [0.4, 0.5) is 0 Å². The number of nitriles is 1. The number of hydrogen-bond donors (Lipinski definition) is 1. The zero-order chi connectivity index (χ0) is 25.1. The number of nitrogens with one attached hydrogen (secondary N) is 1. The summed E-state index contributed by atoms with van der Waals surface area (Å²) < 4.78 is 11.3. The van der Waals surface area contributed by atoms with Gasteiger partial charge >= 0.3 is 0 Å². The summed E-state index contributed by atoms with van der Waals surface area (Å²) in [6.45, 7) is 5.94. The van der Waals surface area contributed by atoms with Crippen LogP contribution in [-0.2, 0) is 11.2 Å². The van der Waals surface area contributed by atoms with Gasteiger partial charge in [-0.2, -0.15) is 10.2 Å². The summed E-state index contributed by atoms with van der Waals surface area (Å²) in [4.78, 5) is 19.2. The molecular formula is C28H31N5O3. The number of carbonyl (C=O) groups excluding carboxylic acids is 1. The molecule has 8 heteroatoms. The molecule has 8 nitrogen and oxygen atoms in total. The number of amides is 1. The smallest absolute Gasteiger partial charge is 0.258 e. The van der Waals surface area contributed by atoms with Gasteiger partial charge in [-0.15, -0.1) is 0 Å². The third-order valence-electron chi connectivity index (χ3n) is 6.86. The van der Waals surface area contributed by atoms with Gasteiger partial charge in [0.1, 0.15) is 11.8 Å². The third-order valence-corrected chi connectivity index (χ3v) is 6.86. The molecule has 186 valence electrons. The third kappa shape index (κ3) is 4.98. The van der Waals surface area contributed by atoms with Crippen molar-refractivity contribution in [1.29, 1.82) is 5.26 Å². The van der Waals surface area contributed by atoms with Crippen LogP contribution >= 0.6 is 0 Å². The number of piperidine rings is 1. The van der Waals surface area contributed by atoms with Crippen molar-refractivity contribution in [2.24, 2.45) is 0 Å². The van der Waals surface area contributed by atoms with Gasteiger partial charge in [0.15, 0.2) is 0 Å². The molecule has 2 aromatic carbocycles. The summed E-state index contributed by atoms with van der Waals surface area (Å²) in [7, 11) is 0. The van der Waals surface area contributed by atoms with Gasteiger partial charge in [-0.3, -0.25) is 4.79 Å². The van der Waals surface area contributed by atoms with Crippen molar-refractivity contribution >= 4 is 5.91 Å². The normalized spacial score (nSPS) is 17.2. The molecule has 1 aromatic heterocycles. The van der Waals surface area contributed by atoms with Gasteiger partial charge < -0.3 is 19.5 Å². The lowest BCUT2D eigenvalue weighted by Gasteiger charge is -2.27. The fourth-order valence-electron chi connectivity index (χ4n) is 5.10. The number of benzene rings is 2. The molecule has 1 aliphatic carbocycles. The Hall–Kier alpha value is -3.70. The molecule has 5 rings (SSSR count). The second-order valence-electron chi connectivity index (χ2n) is 9.70. The molecule has 3 aromatic rings. The Morgan fingerprint density at radius 2 is 2.08 bits per heavy atom. The maximum absolute atomic E-state index is 12.6. The highest BCUT2D eigenvalue weighted by Gasteiger charge is 2.27. The number of aromatic nitrogens is 2. The van der Waals surface area contributed by atoms with Gasteiger partial charge in [0, 0.05) is 30.3 Å². The molecule has 1 amide bonds. The molecule has 0 bridgehead atoms. The first kappa shape index (κ1) is 24.0. The van der Waals surface area contributed by atoms with E-state index >= 15 is 0 Å². The predicted molar refractivity (Wildman–Crippen MR) is 135 cm³/mol. The lowest BCUT2D eigenvalue weighted by Crippen LogP contribution is -2.41. The number of ether oxygens (including phenoxy) is 1. The van der Waals surface area contributed by atoms with E-state index in [-0.39, 0.29) is 18.1 Å². The molecule has 1 unspecified atom stereocenters. The molecule has 1 atom stereocenters. The minimum Gasteiger partial charge on any atom is -0.490 e. The fourth-order valence-corrected chi connectivity index (χ4v) is 5.10. The molecule has 36 heavy (non-hydrogen) atoms. The summed E-state index contributed by atoms with van der Waals surface area (Å²) >= 11 is 0. The van der Waals surface area contributed by atoms with Gasteiger partial charge in [0.25, 0.3) is 5.89 Å². The van der Waals surface area contributed by atoms with Gasteiger partial charge in [0.05, 0.1) is 18.2 Å². The van der Waals surface area contributed by atoms with Crippen LogP contribution in [0.5, 0.6) is 5.75 Å². The molecule has 0 spiro atoms. The molecule has 2 heterocycles. The highest BCUT2D eigenvalue weighted by Crippen LogP contribution is 2.37. The van der Waals surface area contributed by atoms with E-state index in [2.05, 4.69) is 27.6 Å². The summed E-state index contributed by atoms with van der Waals surface area (Å²) in [6.07, 6.45) is 5.19. The first-order chi connectivity index (χ1) is 17.5. The Bertz CT molecular complexity index is 1290. The standard InChI is InChI=1S/C28H31N5O3/c1-18(2)35-25-12-9-19(15-20(25)16-29)28-31-27(32-36-28)23-8-6-7-22-21(23)10-11-24(22)30-17-26(34)33-13-4-3-5-14-33/h6-9,12,15,18,24,30H,3-5,10-11,13-14,17H2,1-2H3. The number of nitrogens with zero attached hydrogens (tertiary/aromatic N) is 4. The summed E-state index contributed by atoms with van der Waals surface area (Å²) in [6, 6.07) is 13.7. The van der Waals surface area contributed by atoms with Crippen LogP contribution in [0, 0.1) is 11.3 Å². The van der Waals surface area contributed by atoms with Crippen molar-refractivity contribution in [2.45, 2.75) is 58.1 Å². The van der Waals surface area contributed by atoms with Gasteiger partial charge in [-0.1, -0.05) is 23.4 Å². The van der Waals surface area contributed by atoms with Gasteiger partial charge in [-0.25, -0.2) is 0 Å². The Balaban J connectivity index is 1.32. The van der Waals surface area contributed by atoms with E-state index in [1.165, 1.54) is 17.5 Å². The second kappa shape index (κ2) is 10.5. The number of carbonyl (C=O) groups is 1. The van der Waals surface area contributed by atoms with Crippen molar-refractivity contribution in [1.82, 2.24) is 20.4 Å². The van der Waals surface area contributed by atoms with Crippen molar-refractivity contribution < 1.29 is 14.1 Å². The van der Waals surface area contributed by atoms with Crippen molar-refractivity contribution in [3.63, 3.8) is 0 Å². The maximum atomic E-state index is 12.6. The zero-order valence-corrected chi connectivity index (χ0v) is 20.8. The molecule has 2 aliphatic rings. The van der Waals surface area contributed by atoms with Crippen molar-refractivity contribution in [3.8, 4) is 34.7 Å². The Morgan fingerprint density at radius 3 is 2.86 bits per heavy atom. The van der Waals surface area contributed by atoms with Crippen LogP contribution in [0.1, 0.15) is 62.3 Å². The summed E-state index contributed by atoms with van der Waals surface area (Å²) in [5, 5.41) is 17.3. The van der Waals surface area contributed by atoms with E-state index in [4.69, 9.17) is 9.26 Å². The highest BCUT2D eigenvalue weighted by molar-refractivity contribution is 5.78. The first-order valence-electron chi connectivity index (χ1n) is 12.7. The molecule has 0 radical (unpaired) electrons. The number of hydrogen-bond acceptors (Lipinski definition) is 7. The van der Waals surface area contributed by atoms with Crippen LogP contribution in [0.25, 0.3) is 22.8 Å². The van der Waals surface area contributed by atoms with Gasteiger partial charge in [-0.05, 0) is 75.3 Å². The Labute approximate surface area is 211 Å². The molecule has 0 saturated carbocycles. The van der Waals surface area contributed by atoms with E-state index in [0.29, 0.717) is 35.1 Å². The lowest BCUT2D eigenvalue weighted by molar-refractivity contribution is -0.131. The number of likely N-dealkylation sites (tertiary alicyclic amines) is 1. The molecule has 1 N–H and O–H groups in total.